The lowest BCUT2D eigenvalue weighted by Gasteiger charge is -2.23. The molecular weight excluding hydrogens is 454 g/mol. The Morgan fingerprint density at radius 3 is 2.44 bits per heavy atom. The van der Waals surface area contributed by atoms with Gasteiger partial charge in [-0.3, -0.25) is 4.79 Å². The third-order valence-corrected chi connectivity index (χ3v) is 6.46. The summed E-state index contributed by atoms with van der Waals surface area (Å²) in [5.74, 6) is 0.507. The highest BCUT2D eigenvalue weighted by molar-refractivity contribution is 5.94. The number of aromatic nitrogens is 1. The van der Waals surface area contributed by atoms with Crippen LogP contribution >= 0.6 is 0 Å². The van der Waals surface area contributed by atoms with E-state index in [2.05, 4.69) is 39.7 Å². The van der Waals surface area contributed by atoms with Crippen LogP contribution in [0.3, 0.4) is 0 Å². The highest BCUT2D eigenvalue weighted by Gasteiger charge is 2.24. The summed E-state index contributed by atoms with van der Waals surface area (Å²) >= 11 is 0. The molecular formula is C28H39N5O3. The number of carbonyl (C=O) groups is 2. The lowest BCUT2D eigenvalue weighted by Crippen LogP contribution is -2.51. The van der Waals surface area contributed by atoms with Crippen molar-refractivity contribution in [2.45, 2.75) is 52.1 Å². The normalized spacial score (nSPS) is 12.8. The quantitative estimate of drug-likeness (QED) is 0.281. The zero-order valence-electron chi connectivity index (χ0n) is 21.8. The molecule has 3 amide bonds. The van der Waals surface area contributed by atoms with Crippen LogP contribution in [0.15, 0.2) is 54.7 Å². The number of hydrogen-bond donors (Lipinski definition) is 4. The van der Waals surface area contributed by atoms with Crippen molar-refractivity contribution in [1.82, 2.24) is 20.5 Å². The van der Waals surface area contributed by atoms with Crippen molar-refractivity contribution in [1.29, 1.82) is 0 Å². The Morgan fingerprint density at radius 1 is 1.03 bits per heavy atom. The van der Waals surface area contributed by atoms with Gasteiger partial charge in [0.1, 0.15) is 11.8 Å². The molecule has 0 aliphatic rings. The van der Waals surface area contributed by atoms with Gasteiger partial charge in [0.2, 0.25) is 5.91 Å². The molecule has 8 nitrogen and oxygen atoms in total. The van der Waals surface area contributed by atoms with Gasteiger partial charge in [0.25, 0.3) is 0 Å². The van der Waals surface area contributed by atoms with Gasteiger partial charge in [-0.25, -0.2) is 4.79 Å². The summed E-state index contributed by atoms with van der Waals surface area (Å²) in [5, 5.41) is 9.84. The summed E-state index contributed by atoms with van der Waals surface area (Å²) in [4.78, 5) is 31.8. The molecule has 4 N–H and O–H groups in total. The molecule has 36 heavy (non-hydrogen) atoms. The van der Waals surface area contributed by atoms with E-state index in [1.165, 1.54) is 0 Å². The molecule has 0 bridgehead atoms. The van der Waals surface area contributed by atoms with Crippen molar-refractivity contribution in [3.05, 3.63) is 60.3 Å². The summed E-state index contributed by atoms with van der Waals surface area (Å²) in [6.07, 6.45) is 4.15. The number of aromatic amines is 1. The van der Waals surface area contributed by atoms with Gasteiger partial charge in [-0.1, -0.05) is 32.0 Å². The maximum atomic E-state index is 13.3. The van der Waals surface area contributed by atoms with Gasteiger partial charge < -0.3 is 30.6 Å². The van der Waals surface area contributed by atoms with Crippen LogP contribution in [0, 0.1) is 0 Å². The minimum Gasteiger partial charge on any atom is -0.497 e. The number of benzene rings is 2. The highest BCUT2D eigenvalue weighted by Crippen LogP contribution is 2.20. The maximum absolute atomic E-state index is 13.3. The second kappa shape index (κ2) is 13.5. The molecule has 0 fully saturated rings. The van der Waals surface area contributed by atoms with Gasteiger partial charge in [-0.2, -0.15) is 0 Å². The fraction of sp³-hybridized carbons (Fsp3) is 0.429. The van der Waals surface area contributed by atoms with Crippen molar-refractivity contribution in [3.8, 4) is 5.75 Å². The third-order valence-electron chi connectivity index (χ3n) is 6.46. The van der Waals surface area contributed by atoms with Gasteiger partial charge in [0.15, 0.2) is 0 Å². The summed E-state index contributed by atoms with van der Waals surface area (Å²) in [6, 6.07) is 13.8. The van der Waals surface area contributed by atoms with E-state index in [1.807, 2.05) is 37.4 Å². The first-order valence-electron chi connectivity index (χ1n) is 12.7. The second-order valence-electron chi connectivity index (χ2n) is 9.02. The summed E-state index contributed by atoms with van der Waals surface area (Å²) in [6.45, 7) is 9.39. The van der Waals surface area contributed by atoms with Crippen LogP contribution in [-0.2, 0) is 11.2 Å². The van der Waals surface area contributed by atoms with Crippen LogP contribution in [-0.4, -0.2) is 60.6 Å². The van der Waals surface area contributed by atoms with Crippen LogP contribution in [0.1, 0.15) is 39.2 Å². The summed E-state index contributed by atoms with van der Waals surface area (Å²) in [5.41, 5.74) is 2.59. The van der Waals surface area contributed by atoms with E-state index >= 15 is 0 Å². The van der Waals surface area contributed by atoms with Gasteiger partial charge in [-0.15, -0.1) is 0 Å². The number of H-pyrrole nitrogens is 1. The maximum Gasteiger partial charge on any atom is 0.319 e. The predicted octanol–water partition coefficient (Wildman–Crippen LogP) is 4.54. The van der Waals surface area contributed by atoms with Crippen molar-refractivity contribution in [2.75, 3.05) is 32.1 Å². The molecule has 0 spiro atoms. The lowest BCUT2D eigenvalue weighted by atomic mass is 10.0. The fourth-order valence-electron chi connectivity index (χ4n) is 4.31. The van der Waals surface area contributed by atoms with Crippen LogP contribution in [0.4, 0.5) is 10.5 Å². The number of rotatable bonds is 13. The molecule has 3 aromatic rings. The number of hydrogen-bond acceptors (Lipinski definition) is 4. The zero-order chi connectivity index (χ0) is 25.9. The van der Waals surface area contributed by atoms with Crippen LogP contribution in [0.2, 0.25) is 0 Å². The highest BCUT2D eigenvalue weighted by atomic mass is 16.5. The molecule has 194 valence electrons. The zero-order valence-corrected chi connectivity index (χ0v) is 21.8. The molecule has 8 heteroatoms. The van der Waals surface area contributed by atoms with E-state index in [0.717, 1.165) is 48.9 Å². The molecule has 1 aromatic heterocycles. The average Bonchev–Trinajstić information content (AvgIpc) is 3.29. The molecule has 0 aliphatic heterocycles. The SMILES string of the molecule is CCN(CC)CCCC(C)NC(=O)C(Cc1c[nH]c2ccccc12)NC(=O)Nc1ccc(OC)cc1. The largest absolute Gasteiger partial charge is 0.497 e. The first-order chi connectivity index (χ1) is 17.4. The number of nitrogens with one attached hydrogen (secondary N) is 4. The number of anilines is 1. The van der Waals surface area contributed by atoms with Crippen LogP contribution in [0.25, 0.3) is 10.9 Å². The lowest BCUT2D eigenvalue weighted by molar-refractivity contribution is -0.123. The number of amides is 3. The second-order valence-corrected chi connectivity index (χ2v) is 9.02. The minimum absolute atomic E-state index is 0.00461. The Kier molecular flexibility index (Phi) is 10.2. The van der Waals surface area contributed by atoms with Crippen LogP contribution < -0.4 is 20.7 Å². The number of ether oxygens (including phenoxy) is 1. The summed E-state index contributed by atoms with van der Waals surface area (Å²) < 4.78 is 5.17. The van der Waals surface area contributed by atoms with E-state index in [0.29, 0.717) is 17.9 Å². The number of nitrogens with zero attached hydrogens (tertiary/aromatic N) is 1. The van der Waals surface area contributed by atoms with Crippen molar-refractivity contribution < 1.29 is 14.3 Å². The number of methoxy groups -OCH3 is 1. The molecule has 3 rings (SSSR count). The average molecular weight is 494 g/mol. The molecule has 2 aromatic carbocycles. The third kappa shape index (κ3) is 7.75. The van der Waals surface area contributed by atoms with Crippen LogP contribution in [0.5, 0.6) is 5.75 Å². The van der Waals surface area contributed by atoms with E-state index < -0.39 is 12.1 Å². The van der Waals surface area contributed by atoms with Gasteiger partial charge >= 0.3 is 6.03 Å². The van der Waals surface area contributed by atoms with E-state index in [1.54, 1.807) is 31.4 Å². The topological polar surface area (TPSA) is 98.5 Å². The molecule has 0 saturated heterocycles. The summed E-state index contributed by atoms with van der Waals surface area (Å²) in [7, 11) is 1.59. The Hall–Kier alpha value is -3.52. The smallest absolute Gasteiger partial charge is 0.319 e. The molecule has 2 unspecified atom stereocenters. The van der Waals surface area contributed by atoms with Crippen molar-refractivity contribution in [2.24, 2.45) is 0 Å². The number of urea groups is 1. The minimum atomic E-state index is -0.729. The Morgan fingerprint density at radius 2 is 1.75 bits per heavy atom. The first kappa shape index (κ1) is 27.1. The van der Waals surface area contributed by atoms with E-state index in [4.69, 9.17) is 4.74 Å². The van der Waals surface area contributed by atoms with Gasteiger partial charge in [-0.05, 0) is 75.3 Å². The molecule has 0 aliphatic carbocycles. The molecule has 0 saturated carbocycles. The Bertz CT molecular complexity index is 1110. The van der Waals surface area contributed by atoms with Gasteiger partial charge in [0, 0.05) is 35.2 Å². The standard InChI is InChI=1S/C28H39N5O3/c1-5-33(6-2)17-9-10-20(3)30-27(34)26(18-21-19-29-25-12-8-7-11-24(21)25)32-28(35)31-22-13-15-23(36-4)16-14-22/h7-8,11-16,19-20,26,29H,5-6,9-10,17-18H2,1-4H3,(H,30,34)(H2,31,32,35). The van der Waals surface area contributed by atoms with Crippen molar-refractivity contribution >= 4 is 28.5 Å². The molecule has 0 radical (unpaired) electrons. The first-order valence-corrected chi connectivity index (χ1v) is 12.7. The number of fused-ring (bicyclic) bond motifs is 1. The fourth-order valence-corrected chi connectivity index (χ4v) is 4.31. The van der Waals surface area contributed by atoms with E-state index in [9.17, 15) is 9.59 Å². The van der Waals surface area contributed by atoms with Gasteiger partial charge in [0.05, 0.1) is 7.11 Å². The molecule has 2 atom stereocenters. The Balaban J connectivity index is 1.67. The van der Waals surface area contributed by atoms with E-state index in [-0.39, 0.29) is 11.9 Å². The monoisotopic (exact) mass is 493 g/mol. The Labute approximate surface area is 213 Å². The molecule has 1 heterocycles. The van der Waals surface area contributed by atoms with Crippen molar-refractivity contribution in [3.63, 3.8) is 0 Å². The number of para-hydroxylation sites is 1. The predicted molar refractivity (Wildman–Crippen MR) is 146 cm³/mol. The number of carbonyl (C=O) groups excluding carboxylic acids is 2.